The Morgan fingerprint density at radius 1 is 1.22 bits per heavy atom. The molecular formula is C14H25NO3. The molecule has 18 heavy (non-hydrogen) atoms. The molecule has 1 aliphatic carbocycles. The van der Waals surface area contributed by atoms with Gasteiger partial charge in [0.15, 0.2) is 0 Å². The molecule has 0 bridgehead atoms. The van der Waals surface area contributed by atoms with E-state index in [1.165, 1.54) is 0 Å². The molecule has 1 aliphatic rings. The summed E-state index contributed by atoms with van der Waals surface area (Å²) in [4.78, 5) is 23.1. The van der Waals surface area contributed by atoms with Gasteiger partial charge < -0.3 is 10.4 Å². The van der Waals surface area contributed by atoms with Crippen molar-refractivity contribution in [3.05, 3.63) is 0 Å². The fraction of sp³-hybridized carbons (Fsp3) is 0.857. The highest BCUT2D eigenvalue weighted by Gasteiger charge is 2.41. The summed E-state index contributed by atoms with van der Waals surface area (Å²) in [7, 11) is 0. The van der Waals surface area contributed by atoms with Crippen LogP contribution in [0.5, 0.6) is 0 Å². The highest BCUT2D eigenvalue weighted by molar-refractivity contribution is 5.83. The molecule has 0 saturated heterocycles. The van der Waals surface area contributed by atoms with E-state index in [1.807, 2.05) is 0 Å². The summed E-state index contributed by atoms with van der Waals surface area (Å²) in [6.45, 7) is 6.11. The number of aliphatic carboxylic acids is 1. The fourth-order valence-electron chi connectivity index (χ4n) is 2.88. The Bertz CT molecular complexity index is 306. The van der Waals surface area contributed by atoms with Gasteiger partial charge in [0, 0.05) is 12.0 Å². The molecule has 4 nitrogen and oxygen atoms in total. The molecule has 1 unspecified atom stereocenters. The number of carboxylic acid groups (broad SMARTS) is 1. The largest absolute Gasteiger partial charge is 0.481 e. The Hall–Kier alpha value is -1.06. The average molecular weight is 255 g/mol. The van der Waals surface area contributed by atoms with E-state index in [0.29, 0.717) is 5.92 Å². The standard InChI is InChI=1S/C14H25NO3/c1-10(2)8-14(6-4-5-7-14)13(18)15-9-11(3)12(16)17/h10-11H,4-9H2,1-3H3,(H,15,18)(H,16,17). The summed E-state index contributed by atoms with van der Waals surface area (Å²) in [6, 6.07) is 0. The fourth-order valence-corrected chi connectivity index (χ4v) is 2.88. The summed E-state index contributed by atoms with van der Waals surface area (Å²) >= 11 is 0. The Morgan fingerprint density at radius 3 is 2.22 bits per heavy atom. The van der Waals surface area contributed by atoms with E-state index in [1.54, 1.807) is 6.92 Å². The first-order valence-corrected chi connectivity index (χ1v) is 6.88. The number of amides is 1. The lowest BCUT2D eigenvalue weighted by Gasteiger charge is -2.29. The third kappa shape index (κ3) is 3.72. The van der Waals surface area contributed by atoms with E-state index in [2.05, 4.69) is 19.2 Å². The van der Waals surface area contributed by atoms with E-state index in [-0.39, 0.29) is 17.9 Å². The minimum Gasteiger partial charge on any atom is -0.481 e. The van der Waals surface area contributed by atoms with Crippen molar-refractivity contribution in [3.8, 4) is 0 Å². The van der Waals surface area contributed by atoms with Crippen LogP contribution < -0.4 is 5.32 Å². The number of hydrogen-bond donors (Lipinski definition) is 2. The van der Waals surface area contributed by atoms with E-state index >= 15 is 0 Å². The topological polar surface area (TPSA) is 66.4 Å². The van der Waals surface area contributed by atoms with Gasteiger partial charge in [0.1, 0.15) is 0 Å². The van der Waals surface area contributed by atoms with Crippen LogP contribution in [-0.4, -0.2) is 23.5 Å². The molecule has 0 aromatic heterocycles. The maximum absolute atomic E-state index is 12.3. The molecular weight excluding hydrogens is 230 g/mol. The van der Waals surface area contributed by atoms with Gasteiger partial charge in [0.25, 0.3) is 0 Å². The molecule has 104 valence electrons. The highest BCUT2D eigenvalue weighted by Crippen LogP contribution is 2.43. The minimum absolute atomic E-state index is 0.0572. The van der Waals surface area contributed by atoms with Crippen molar-refractivity contribution in [2.45, 2.75) is 52.9 Å². The Morgan fingerprint density at radius 2 is 1.78 bits per heavy atom. The van der Waals surface area contributed by atoms with Gasteiger partial charge in [-0.2, -0.15) is 0 Å². The smallest absolute Gasteiger partial charge is 0.308 e. The summed E-state index contributed by atoms with van der Waals surface area (Å²) in [6.07, 6.45) is 5.00. The Balaban J connectivity index is 2.58. The summed E-state index contributed by atoms with van der Waals surface area (Å²) in [5.41, 5.74) is -0.244. The lowest BCUT2D eigenvalue weighted by Crippen LogP contribution is -2.42. The van der Waals surface area contributed by atoms with Gasteiger partial charge in [-0.15, -0.1) is 0 Å². The number of carboxylic acids is 1. The van der Waals surface area contributed by atoms with Gasteiger partial charge in [0.2, 0.25) is 5.91 Å². The molecule has 2 N–H and O–H groups in total. The molecule has 0 heterocycles. The van der Waals surface area contributed by atoms with Crippen LogP contribution in [0.2, 0.25) is 0 Å². The Kier molecular flexibility index (Phi) is 5.17. The van der Waals surface area contributed by atoms with Crippen LogP contribution in [0.4, 0.5) is 0 Å². The number of rotatable bonds is 6. The van der Waals surface area contributed by atoms with Crippen molar-refractivity contribution >= 4 is 11.9 Å². The van der Waals surface area contributed by atoms with Crippen LogP contribution in [-0.2, 0) is 9.59 Å². The second-order valence-electron chi connectivity index (χ2n) is 6.03. The lowest BCUT2D eigenvalue weighted by molar-refractivity contribution is -0.141. The maximum atomic E-state index is 12.3. The molecule has 0 aromatic carbocycles. The van der Waals surface area contributed by atoms with E-state index in [0.717, 1.165) is 32.1 Å². The number of carbonyl (C=O) groups excluding carboxylic acids is 1. The zero-order chi connectivity index (χ0) is 13.8. The molecule has 4 heteroatoms. The molecule has 1 rings (SSSR count). The summed E-state index contributed by atoms with van der Waals surface area (Å²) in [5, 5.41) is 11.7. The first-order valence-electron chi connectivity index (χ1n) is 6.88. The zero-order valence-electron chi connectivity index (χ0n) is 11.7. The third-order valence-corrected chi connectivity index (χ3v) is 3.83. The average Bonchev–Trinajstić information content (AvgIpc) is 2.73. The second kappa shape index (κ2) is 6.21. The van der Waals surface area contributed by atoms with Gasteiger partial charge in [0.05, 0.1) is 5.92 Å². The maximum Gasteiger partial charge on any atom is 0.308 e. The highest BCUT2D eigenvalue weighted by atomic mass is 16.4. The van der Waals surface area contributed by atoms with E-state index < -0.39 is 11.9 Å². The molecule has 1 saturated carbocycles. The monoisotopic (exact) mass is 255 g/mol. The van der Waals surface area contributed by atoms with Crippen LogP contribution in [0.1, 0.15) is 52.9 Å². The van der Waals surface area contributed by atoms with Crippen LogP contribution in [0.15, 0.2) is 0 Å². The summed E-state index contributed by atoms with van der Waals surface area (Å²) < 4.78 is 0. The first kappa shape index (κ1) is 15.0. The predicted molar refractivity (Wildman–Crippen MR) is 70.2 cm³/mol. The van der Waals surface area contributed by atoms with Gasteiger partial charge in [-0.1, -0.05) is 33.6 Å². The number of carbonyl (C=O) groups is 2. The van der Waals surface area contributed by atoms with Crippen molar-refractivity contribution in [3.63, 3.8) is 0 Å². The van der Waals surface area contributed by atoms with Gasteiger partial charge in [-0.3, -0.25) is 9.59 Å². The van der Waals surface area contributed by atoms with Crippen molar-refractivity contribution < 1.29 is 14.7 Å². The van der Waals surface area contributed by atoms with Crippen LogP contribution in [0, 0.1) is 17.3 Å². The molecule has 0 radical (unpaired) electrons. The molecule has 0 spiro atoms. The Labute approximate surface area is 109 Å². The number of nitrogens with one attached hydrogen (secondary N) is 1. The molecule has 0 aromatic rings. The van der Waals surface area contributed by atoms with Crippen LogP contribution in [0.3, 0.4) is 0 Å². The van der Waals surface area contributed by atoms with Crippen LogP contribution in [0.25, 0.3) is 0 Å². The normalized spacial score (nSPS) is 19.8. The van der Waals surface area contributed by atoms with E-state index in [4.69, 9.17) is 5.11 Å². The second-order valence-corrected chi connectivity index (χ2v) is 6.03. The quantitative estimate of drug-likeness (QED) is 0.766. The molecule has 1 fully saturated rings. The van der Waals surface area contributed by atoms with Crippen molar-refractivity contribution in [2.75, 3.05) is 6.54 Å². The van der Waals surface area contributed by atoms with Gasteiger partial charge in [-0.25, -0.2) is 0 Å². The molecule has 1 atom stereocenters. The summed E-state index contributed by atoms with van der Waals surface area (Å²) in [5.74, 6) is -0.835. The SMILES string of the molecule is CC(C)CC1(C(=O)NCC(C)C(=O)O)CCCC1. The van der Waals surface area contributed by atoms with E-state index in [9.17, 15) is 9.59 Å². The molecule has 1 amide bonds. The molecule has 0 aliphatic heterocycles. The number of hydrogen-bond acceptors (Lipinski definition) is 2. The van der Waals surface area contributed by atoms with Crippen LogP contribution >= 0.6 is 0 Å². The van der Waals surface area contributed by atoms with Crippen molar-refractivity contribution in [2.24, 2.45) is 17.3 Å². The third-order valence-electron chi connectivity index (χ3n) is 3.83. The van der Waals surface area contributed by atoms with Gasteiger partial charge >= 0.3 is 5.97 Å². The first-order chi connectivity index (χ1) is 8.37. The predicted octanol–water partition coefficient (Wildman–Crippen LogP) is 2.43. The minimum atomic E-state index is -0.861. The van der Waals surface area contributed by atoms with Crippen molar-refractivity contribution in [1.82, 2.24) is 5.32 Å². The lowest BCUT2D eigenvalue weighted by atomic mass is 9.77. The van der Waals surface area contributed by atoms with Gasteiger partial charge in [-0.05, 0) is 25.2 Å². The zero-order valence-corrected chi connectivity index (χ0v) is 11.7. The van der Waals surface area contributed by atoms with Crippen molar-refractivity contribution in [1.29, 1.82) is 0 Å².